The van der Waals surface area contributed by atoms with Gasteiger partial charge in [0.05, 0.1) is 30.8 Å². The molecule has 1 heterocycles. The lowest BCUT2D eigenvalue weighted by Gasteiger charge is -2.16. The van der Waals surface area contributed by atoms with E-state index < -0.39 is 0 Å². The maximum atomic E-state index is 12.0. The first-order valence-electron chi connectivity index (χ1n) is 5.80. The zero-order valence-electron chi connectivity index (χ0n) is 10.1. The highest BCUT2D eigenvalue weighted by molar-refractivity contribution is 5.93. The van der Waals surface area contributed by atoms with E-state index in [1.54, 1.807) is 24.3 Å². The van der Waals surface area contributed by atoms with Crippen LogP contribution < -0.4 is 10.6 Å². The molecule has 0 aromatic heterocycles. The van der Waals surface area contributed by atoms with Crippen LogP contribution in [0, 0.1) is 17.2 Å². The molecule has 2 unspecified atom stereocenters. The Balaban J connectivity index is 2.00. The van der Waals surface area contributed by atoms with Crippen molar-refractivity contribution in [1.82, 2.24) is 5.32 Å². The number of likely N-dealkylation sites (N-methyl/N-ethyl adjacent to an activating group) is 1. The topological polar surface area (TPSA) is 74.2 Å². The summed E-state index contributed by atoms with van der Waals surface area (Å²) in [5, 5.41) is 14.6. The zero-order chi connectivity index (χ0) is 13.0. The van der Waals surface area contributed by atoms with Gasteiger partial charge in [-0.2, -0.15) is 5.26 Å². The average Bonchev–Trinajstić information content (AvgIpc) is 2.88. The minimum atomic E-state index is -0.175. The van der Waals surface area contributed by atoms with Crippen molar-refractivity contribution in [2.24, 2.45) is 5.92 Å². The van der Waals surface area contributed by atoms with Crippen LogP contribution in [0.2, 0.25) is 0 Å². The van der Waals surface area contributed by atoms with Crippen LogP contribution >= 0.6 is 0 Å². The van der Waals surface area contributed by atoms with Gasteiger partial charge in [-0.1, -0.05) is 0 Å². The minimum absolute atomic E-state index is 0.0587. The Hall–Kier alpha value is -1.90. The van der Waals surface area contributed by atoms with E-state index in [4.69, 9.17) is 10.00 Å². The van der Waals surface area contributed by atoms with Gasteiger partial charge in [0.25, 0.3) is 0 Å². The number of rotatable bonds is 3. The van der Waals surface area contributed by atoms with Crippen molar-refractivity contribution in [2.45, 2.75) is 6.04 Å². The van der Waals surface area contributed by atoms with Gasteiger partial charge in [0.1, 0.15) is 0 Å². The highest BCUT2D eigenvalue weighted by Gasteiger charge is 2.32. The standard InChI is InChI=1S/C13H15N3O2/c1-15-12-8-18-7-11(12)13(17)16-10-4-2-9(6-14)3-5-10/h2-5,11-12,15H,7-8H2,1H3,(H,16,17). The SMILES string of the molecule is CNC1COCC1C(=O)Nc1ccc(C#N)cc1. The van der Waals surface area contributed by atoms with E-state index in [0.29, 0.717) is 24.5 Å². The first-order valence-corrected chi connectivity index (χ1v) is 5.80. The van der Waals surface area contributed by atoms with Gasteiger partial charge in [-0.05, 0) is 31.3 Å². The fourth-order valence-electron chi connectivity index (χ4n) is 1.96. The van der Waals surface area contributed by atoms with Crippen LogP contribution in [0.5, 0.6) is 0 Å². The fourth-order valence-corrected chi connectivity index (χ4v) is 1.96. The lowest BCUT2D eigenvalue weighted by atomic mass is 10.0. The Morgan fingerprint density at radius 1 is 1.39 bits per heavy atom. The Bertz CT molecular complexity index is 464. The van der Waals surface area contributed by atoms with E-state index in [2.05, 4.69) is 10.6 Å². The van der Waals surface area contributed by atoms with E-state index in [1.165, 1.54) is 0 Å². The van der Waals surface area contributed by atoms with Gasteiger partial charge in [0.15, 0.2) is 0 Å². The predicted octanol–water partition coefficient (Wildman–Crippen LogP) is 0.731. The van der Waals surface area contributed by atoms with Gasteiger partial charge in [0.2, 0.25) is 5.91 Å². The van der Waals surface area contributed by atoms with Crippen LogP contribution in [-0.4, -0.2) is 32.2 Å². The summed E-state index contributed by atoms with van der Waals surface area (Å²) in [7, 11) is 1.82. The van der Waals surface area contributed by atoms with E-state index in [9.17, 15) is 4.79 Å². The summed E-state index contributed by atoms with van der Waals surface area (Å²) >= 11 is 0. The van der Waals surface area contributed by atoms with Crippen LogP contribution in [0.15, 0.2) is 24.3 Å². The minimum Gasteiger partial charge on any atom is -0.379 e. The third-order valence-electron chi connectivity index (χ3n) is 3.07. The van der Waals surface area contributed by atoms with Gasteiger partial charge in [-0.3, -0.25) is 4.79 Å². The van der Waals surface area contributed by atoms with E-state index in [1.807, 2.05) is 13.1 Å². The highest BCUT2D eigenvalue weighted by Crippen LogP contribution is 2.17. The van der Waals surface area contributed by atoms with Crippen LogP contribution in [0.4, 0.5) is 5.69 Å². The summed E-state index contributed by atoms with van der Waals surface area (Å²) < 4.78 is 5.29. The Labute approximate surface area is 106 Å². The summed E-state index contributed by atoms with van der Waals surface area (Å²) in [6.45, 7) is 0.996. The predicted molar refractivity (Wildman–Crippen MR) is 66.9 cm³/mol. The van der Waals surface area contributed by atoms with Gasteiger partial charge in [-0.15, -0.1) is 0 Å². The molecule has 1 aliphatic rings. The van der Waals surface area contributed by atoms with Crippen LogP contribution in [-0.2, 0) is 9.53 Å². The van der Waals surface area contributed by atoms with Gasteiger partial charge in [0, 0.05) is 11.7 Å². The molecule has 1 aromatic carbocycles. The highest BCUT2D eigenvalue weighted by atomic mass is 16.5. The maximum Gasteiger partial charge on any atom is 0.231 e. The second-order valence-corrected chi connectivity index (χ2v) is 4.22. The number of nitriles is 1. The van der Waals surface area contributed by atoms with E-state index >= 15 is 0 Å². The van der Waals surface area contributed by atoms with Crippen molar-refractivity contribution in [3.63, 3.8) is 0 Å². The van der Waals surface area contributed by atoms with Crippen molar-refractivity contribution in [1.29, 1.82) is 5.26 Å². The molecule has 1 saturated heterocycles. The number of carbonyl (C=O) groups is 1. The molecule has 2 N–H and O–H groups in total. The number of hydrogen-bond donors (Lipinski definition) is 2. The van der Waals surface area contributed by atoms with Crippen molar-refractivity contribution >= 4 is 11.6 Å². The largest absolute Gasteiger partial charge is 0.379 e. The van der Waals surface area contributed by atoms with Crippen molar-refractivity contribution in [3.8, 4) is 6.07 Å². The summed E-state index contributed by atoms with van der Waals surface area (Å²) in [5.41, 5.74) is 1.27. The number of hydrogen-bond acceptors (Lipinski definition) is 4. The van der Waals surface area contributed by atoms with Gasteiger partial charge >= 0.3 is 0 Å². The van der Waals surface area contributed by atoms with Crippen LogP contribution in [0.3, 0.4) is 0 Å². The second-order valence-electron chi connectivity index (χ2n) is 4.22. The molecule has 0 spiro atoms. The van der Waals surface area contributed by atoms with Crippen LogP contribution in [0.25, 0.3) is 0 Å². The first-order chi connectivity index (χ1) is 8.74. The molecule has 1 amide bonds. The number of amides is 1. The number of anilines is 1. The lowest BCUT2D eigenvalue weighted by molar-refractivity contribution is -0.120. The summed E-state index contributed by atoms with van der Waals surface area (Å²) in [6, 6.07) is 8.89. The zero-order valence-corrected chi connectivity index (χ0v) is 10.1. The number of nitrogens with zero attached hydrogens (tertiary/aromatic N) is 1. The van der Waals surface area contributed by atoms with Crippen molar-refractivity contribution < 1.29 is 9.53 Å². The molecule has 0 bridgehead atoms. The molecule has 1 aromatic rings. The Kier molecular flexibility index (Phi) is 3.92. The van der Waals surface area contributed by atoms with Gasteiger partial charge in [-0.25, -0.2) is 0 Å². The third kappa shape index (κ3) is 2.67. The van der Waals surface area contributed by atoms with E-state index in [-0.39, 0.29) is 17.9 Å². The number of nitrogens with one attached hydrogen (secondary N) is 2. The average molecular weight is 245 g/mol. The molecule has 18 heavy (non-hydrogen) atoms. The first kappa shape index (κ1) is 12.6. The molecule has 5 nitrogen and oxygen atoms in total. The third-order valence-corrected chi connectivity index (χ3v) is 3.07. The molecule has 2 atom stereocenters. The van der Waals surface area contributed by atoms with Crippen molar-refractivity contribution in [2.75, 3.05) is 25.6 Å². The summed E-state index contributed by atoms with van der Waals surface area (Å²) in [5.74, 6) is -0.234. The quantitative estimate of drug-likeness (QED) is 0.823. The molecule has 1 aliphatic heterocycles. The number of benzene rings is 1. The molecular weight excluding hydrogens is 230 g/mol. The summed E-state index contributed by atoms with van der Waals surface area (Å²) in [4.78, 5) is 12.0. The van der Waals surface area contributed by atoms with Crippen molar-refractivity contribution in [3.05, 3.63) is 29.8 Å². The molecule has 2 rings (SSSR count). The molecular formula is C13H15N3O2. The van der Waals surface area contributed by atoms with E-state index in [0.717, 1.165) is 0 Å². The molecule has 0 aliphatic carbocycles. The Morgan fingerprint density at radius 2 is 2.11 bits per heavy atom. The normalized spacial score (nSPS) is 22.4. The molecule has 0 radical (unpaired) electrons. The monoisotopic (exact) mass is 245 g/mol. The number of ether oxygens (including phenoxy) is 1. The summed E-state index contributed by atoms with van der Waals surface area (Å²) in [6.07, 6.45) is 0. The lowest BCUT2D eigenvalue weighted by Crippen LogP contribution is -2.39. The molecule has 94 valence electrons. The fraction of sp³-hybridized carbons (Fsp3) is 0.385. The maximum absolute atomic E-state index is 12.0. The number of carbonyl (C=O) groups excluding carboxylic acids is 1. The second kappa shape index (κ2) is 5.63. The molecule has 1 fully saturated rings. The molecule has 5 heteroatoms. The smallest absolute Gasteiger partial charge is 0.231 e. The Morgan fingerprint density at radius 3 is 2.72 bits per heavy atom. The van der Waals surface area contributed by atoms with Gasteiger partial charge < -0.3 is 15.4 Å². The van der Waals surface area contributed by atoms with Crippen LogP contribution in [0.1, 0.15) is 5.56 Å². The molecule has 0 saturated carbocycles.